The molecule has 1 N–H and O–H groups in total. The number of benzene rings is 4. The third kappa shape index (κ3) is 6.08. The maximum Gasteiger partial charge on any atom is 0.277 e. The summed E-state index contributed by atoms with van der Waals surface area (Å²) in [5.74, 6) is 1.16. The van der Waals surface area contributed by atoms with Gasteiger partial charge in [-0.25, -0.2) is 0 Å². The summed E-state index contributed by atoms with van der Waals surface area (Å²) in [4.78, 5) is 29.6. The van der Waals surface area contributed by atoms with Crippen molar-refractivity contribution in [1.29, 1.82) is 0 Å². The van der Waals surface area contributed by atoms with Crippen LogP contribution in [0, 0.1) is 0 Å². The molecule has 212 valence electrons. The van der Waals surface area contributed by atoms with Gasteiger partial charge in [-0.1, -0.05) is 48.2 Å². The Labute approximate surface area is 247 Å². The first kappa shape index (κ1) is 27.3. The lowest BCUT2D eigenvalue weighted by Gasteiger charge is -2.36. The van der Waals surface area contributed by atoms with Crippen LogP contribution in [0.5, 0.6) is 5.75 Å². The van der Waals surface area contributed by atoms with Gasteiger partial charge in [-0.15, -0.1) is 10.2 Å². The zero-order chi connectivity index (χ0) is 28.9. The summed E-state index contributed by atoms with van der Waals surface area (Å²) < 4.78 is 11.0. The number of carbonyl (C=O) groups is 2. The Hall–Kier alpha value is -4.83. The first-order valence-corrected chi connectivity index (χ1v) is 14.6. The highest BCUT2D eigenvalue weighted by atomic mass is 32.2. The molecule has 5 aromatic rings. The third-order valence-electron chi connectivity index (χ3n) is 7.17. The van der Waals surface area contributed by atoms with Crippen LogP contribution in [0.4, 0.5) is 11.4 Å². The normalized spacial score (nSPS) is 13.3. The first-order chi connectivity index (χ1) is 20.6. The van der Waals surface area contributed by atoms with E-state index in [1.165, 1.54) is 11.8 Å². The Bertz CT molecular complexity index is 1690. The number of carbonyl (C=O) groups excluding carboxylic acids is 2. The number of anilines is 2. The minimum Gasteiger partial charge on any atom is -0.497 e. The summed E-state index contributed by atoms with van der Waals surface area (Å²) in [6.07, 6.45) is 0. The molecule has 1 saturated heterocycles. The van der Waals surface area contributed by atoms with Crippen molar-refractivity contribution in [2.24, 2.45) is 0 Å². The molecule has 0 unspecified atom stereocenters. The Morgan fingerprint density at radius 3 is 2.38 bits per heavy atom. The molecule has 10 heteroatoms. The molecule has 0 aliphatic carbocycles. The molecule has 0 bridgehead atoms. The third-order valence-corrected chi connectivity index (χ3v) is 7.99. The van der Waals surface area contributed by atoms with Crippen molar-refractivity contribution in [3.8, 4) is 17.2 Å². The van der Waals surface area contributed by atoms with E-state index >= 15 is 0 Å². The Balaban J connectivity index is 0.985. The average molecular weight is 580 g/mol. The molecule has 6 rings (SSSR count). The number of rotatable bonds is 8. The van der Waals surface area contributed by atoms with Crippen LogP contribution in [-0.2, 0) is 4.79 Å². The van der Waals surface area contributed by atoms with Gasteiger partial charge in [0.15, 0.2) is 0 Å². The SMILES string of the molecule is COc1ccc(C(=O)N2CCN(c3ccc(NC(=O)CSc4nnc(-c5cccc6ccccc56)o4)cc3)CC2)cc1. The lowest BCUT2D eigenvalue weighted by molar-refractivity contribution is -0.113. The van der Waals surface area contributed by atoms with Crippen molar-refractivity contribution in [3.63, 3.8) is 0 Å². The number of hydrogen-bond acceptors (Lipinski definition) is 8. The minimum absolute atomic E-state index is 0.0264. The fourth-order valence-corrected chi connectivity index (χ4v) is 5.52. The Kier molecular flexibility index (Phi) is 8.05. The number of amides is 2. The molecule has 1 aliphatic heterocycles. The number of hydrogen-bond donors (Lipinski definition) is 1. The van der Waals surface area contributed by atoms with Crippen LogP contribution < -0.4 is 15.0 Å². The van der Waals surface area contributed by atoms with Crippen molar-refractivity contribution >= 4 is 45.7 Å². The molecular weight excluding hydrogens is 550 g/mol. The zero-order valence-electron chi connectivity index (χ0n) is 23.0. The molecule has 0 atom stereocenters. The Morgan fingerprint density at radius 1 is 0.881 bits per heavy atom. The monoisotopic (exact) mass is 579 g/mol. The quantitative estimate of drug-likeness (QED) is 0.238. The molecule has 0 spiro atoms. The molecule has 42 heavy (non-hydrogen) atoms. The second-order valence-corrected chi connectivity index (χ2v) is 10.7. The molecule has 1 aromatic heterocycles. The number of fused-ring (bicyclic) bond motifs is 1. The molecule has 2 heterocycles. The van der Waals surface area contributed by atoms with Crippen molar-refractivity contribution in [1.82, 2.24) is 15.1 Å². The number of nitrogens with zero attached hydrogens (tertiary/aromatic N) is 4. The Morgan fingerprint density at radius 2 is 1.62 bits per heavy atom. The summed E-state index contributed by atoms with van der Waals surface area (Å²) in [7, 11) is 1.61. The van der Waals surface area contributed by atoms with E-state index in [1.807, 2.05) is 71.6 Å². The van der Waals surface area contributed by atoms with E-state index in [2.05, 4.69) is 20.4 Å². The highest BCUT2D eigenvalue weighted by Gasteiger charge is 2.22. The maximum atomic E-state index is 12.9. The topological polar surface area (TPSA) is 101 Å². The van der Waals surface area contributed by atoms with Crippen LogP contribution >= 0.6 is 11.8 Å². The number of ether oxygens (including phenoxy) is 1. The van der Waals surface area contributed by atoms with Crippen molar-refractivity contribution in [2.45, 2.75) is 5.22 Å². The summed E-state index contributed by atoms with van der Waals surface area (Å²) in [6.45, 7) is 2.74. The van der Waals surface area contributed by atoms with Crippen molar-refractivity contribution < 1.29 is 18.7 Å². The van der Waals surface area contributed by atoms with E-state index < -0.39 is 0 Å². The minimum atomic E-state index is -0.164. The van der Waals surface area contributed by atoms with Crippen LogP contribution in [-0.4, -0.2) is 66.0 Å². The van der Waals surface area contributed by atoms with Gasteiger partial charge in [0.25, 0.3) is 11.1 Å². The molecule has 4 aromatic carbocycles. The van der Waals surface area contributed by atoms with Gasteiger partial charge in [0.05, 0.1) is 12.9 Å². The van der Waals surface area contributed by atoms with Gasteiger partial charge in [0.1, 0.15) is 5.75 Å². The predicted molar refractivity (Wildman–Crippen MR) is 164 cm³/mol. The van der Waals surface area contributed by atoms with Crippen molar-refractivity contribution in [2.75, 3.05) is 49.3 Å². The summed E-state index contributed by atoms with van der Waals surface area (Å²) >= 11 is 1.20. The number of methoxy groups -OCH3 is 1. The fraction of sp³-hybridized carbons (Fsp3) is 0.188. The predicted octanol–water partition coefficient (Wildman–Crippen LogP) is 5.59. The lowest BCUT2D eigenvalue weighted by atomic mass is 10.0. The van der Waals surface area contributed by atoms with Gasteiger partial charge in [-0.05, 0) is 65.4 Å². The van der Waals surface area contributed by atoms with E-state index in [4.69, 9.17) is 9.15 Å². The molecule has 1 fully saturated rings. The smallest absolute Gasteiger partial charge is 0.277 e. The average Bonchev–Trinajstić information content (AvgIpc) is 3.53. The molecule has 0 saturated carbocycles. The van der Waals surface area contributed by atoms with E-state index in [9.17, 15) is 9.59 Å². The second kappa shape index (κ2) is 12.4. The van der Waals surface area contributed by atoms with Crippen LogP contribution in [0.1, 0.15) is 10.4 Å². The standard InChI is InChI=1S/C32H29N5O4S/c1-40-26-15-9-23(10-16-26)31(39)37-19-17-36(18-20-37)25-13-11-24(12-14-25)33-29(38)21-42-32-35-34-30(41-32)28-8-4-6-22-5-2-3-7-27(22)28/h2-16H,17-21H2,1H3,(H,33,38). The number of piperazine rings is 1. The second-order valence-electron chi connectivity index (χ2n) is 9.79. The van der Waals surface area contributed by atoms with Gasteiger partial charge in [0, 0.05) is 48.7 Å². The van der Waals surface area contributed by atoms with E-state index in [1.54, 1.807) is 31.4 Å². The van der Waals surface area contributed by atoms with E-state index in [0.29, 0.717) is 35.5 Å². The van der Waals surface area contributed by atoms with Gasteiger partial charge in [-0.3, -0.25) is 9.59 Å². The fourth-order valence-electron chi connectivity index (χ4n) is 4.95. The molecule has 0 radical (unpaired) electrons. The maximum absolute atomic E-state index is 12.9. The summed E-state index contributed by atoms with van der Waals surface area (Å²) in [6, 6.07) is 28.9. The highest BCUT2D eigenvalue weighted by Crippen LogP contribution is 2.29. The van der Waals surface area contributed by atoms with Crippen LogP contribution in [0.3, 0.4) is 0 Å². The van der Waals surface area contributed by atoms with E-state index in [0.717, 1.165) is 40.9 Å². The highest BCUT2D eigenvalue weighted by molar-refractivity contribution is 7.99. The van der Waals surface area contributed by atoms with Crippen LogP contribution in [0.2, 0.25) is 0 Å². The number of nitrogens with one attached hydrogen (secondary N) is 1. The van der Waals surface area contributed by atoms with Crippen molar-refractivity contribution in [3.05, 3.63) is 96.6 Å². The zero-order valence-corrected chi connectivity index (χ0v) is 23.8. The molecule has 9 nitrogen and oxygen atoms in total. The molecule has 1 aliphatic rings. The first-order valence-electron chi connectivity index (χ1n) is 13.6. The van der Waals surface area contributed by atoms with Gasteiger partial charge >= 0.3 is 0 Å². The van der Waals surface area contributed by atoms with Crippen LogP contribution in [0.15, 0.2) is 101 Å². The lowest BCUT2D eigenvalue weighted by Crippen LogP contribution is -2.48. The van der Waals surface area contributed by atoms with Gasteiger partial charge in [-0.2, -0.15) is 0 Å². The summed E-state index contributed by atoms with van der Waals surface area (Å²) in [5, 5.41) is 13.7. The largest absolute Gasteiger partial charge is 0.497 e. The van der Waals surface area contributed by atoms with Gasteiger partial charge in [0.2, 0.25) is 11.8 Å². The summed E-state index contributed by atoms with van der Waals surface area (Å²) in [5.41, 5.74) is 3.28. The van der Waals surface area contributed by atoms with E-state index in [-0.39, 0.29) is 17.6 Å². The van der Waals surface area contributed by atoms with Gasteiger partial charge < -0.3 is 24.3 Å². The number of thioether (sulfide) groups is 1. The number of aromatic nitrogens is 2. The van der Waals surface area contributed by atoms with Crippen LogP contribution in [0.25, 0.3) is 22.2 Å². The molecular formula is C32H29N5O4S. The molecule has 2 amide bonds.